The minimum atomic E-state index is -0.646. The van der Waals surface area contributed by atoms with E-state index in [0.29, 0.717) is 6.42 Å². The summed E-state index contributed by atoms with van der Waals surface area (Å²) in [7, 11) is 0. The number of amides is 2. The maximum Gasteiger partial charge on any atom is 0.408 e. The molecule has 6 nitrogen and oxygen atoms in total. The summed E-state index contributed by atoms with van der Waals surface area (Å²) in [5, 5.41) is 4.61. The summed E-state index contributed by atoms with van der Waals surface area (Å²) in [6.07, 6.45) is 1.81. The maximum absolute atomic E-state index is 12.8. The Balaban J connectivity index is 2.08. The van der Waals surface area contributed by atoms with Gasteiger partial charge in [-0.05, 0) is 40.5 Å². The van der Waals surface area contributed by atoms with Crippen LogP contribution in [0.1, 0.15) is 46.2 Å². The largest absolute Gasteiger partial charge is 0.444 e. The first-order valence-electron chi connectivity index (χ1n) is 7.93. The molecular formula is C16H25N3O3S. The van der Waals surface area contributed by atoms with Gasteiger partial charge in [0, 0.05) is 24.4 Å². The highest BCUT2D eigenvalue weighted by Gasteiger charge is 2.33. The zero-order valence-corrected chi connectivity index (χ0v) is 15.0. The smallest absolute Gasteiger partial charge is 0.408 e. The Morgan fingerprint density at radius 2 is 2.26 bits per heavy atom. The predicted molar refractivity (Wildman–Crippen MR) is 89.4 cm³/mol. The molecule has 7 heteroatoms. The monoisotopic (exact) mass is 339 g/mol. The van der Waals surface area contributed by atoms with Gasteiger partial charge in [0.25, 0.3) is 0 Å². The third kappa shape index (κ3) is 5.20. The van der Waals surface area contributed by atoms with Crippen molar-refractivity contribution in [2.24, 2.45) is 0 Å². The molecule has 0 saturated carbocycles. The molecule has 2 atom stereocenters. The number of carbonyl (C=O) groups excluding carboxylic acids is 2. The van der Waals surface area contributed by atoms with E-state index >= 15 is 0 Å². The summed E-state index contributed by atoms with van der Waals surface area (Å²) in [5.41, 5.74) is 1.93. The van der Waals surface area contributed by atoms with Crippen LogP contribution in [0.15, 0.2) is 10.9 Å². The van der Waals surface area contributed by atoms with Crippen LogP contribution < -0.4 is 5.32 Å². The first-order valence-corrected chi connectivity index (χ1v) is 8.87. The minimum absolute atomic E-state index is 0.0612. The average Bonchev–Trinajstić information content (AvgIpc) is 3.06. The fourth-order valence-electron chi connectivity index (χ4n) is 2.66. The molecule has 0 radical (unpaired) electrons. The average molecular weight is 339 g/mol. The van der Waals surface area contributed by atoms with Crippen LogP contribution in [0.2, 0.25) is 0 Å². The van der Waals surface area contributed by atoms with Crippen LogP contribution in [0.4, 0.5) is 4.79 Å². The molecule has 128 valence electrons. The zero-order chi connectivity index (χ0) is 17.0. The standard InChI is InChI=1S/C16H25N3O3S/c1-11-6-5-7-19(11)14(20)13(8-12-9-23-10-17-12)18-15(21)22-16(2,3)4/h9-11,13H,5-8H2,1-4H3,(H,18,21)/t11-,13?/m1/s1. The molecule has 1 N–H and O–H groups in total. The number of alkyl carbamates (subject to hydrolysis) is 1. The van der Waals surface area contributed by atoms with Gasteiger partial charge in [-0.25, -0.2) is 9.78 Å². The first kappa shape index (κ1) is 17.7. The van der Waals surface area contributed by atoms with E-state index in [9.17, 15) is 9.59 Å². The predicted octanol–water partition coefficient (Wildman–Crippen LogP) is 2.59. The minimum Gasteiger partial charge on any atom is -0.444 e. The molecule has 0 aliphatic carbocycles. The van der Waals surface area contributed by atoms with Crippen molar-refractivity contribution in [3.8, 4) is 0 Å². The third-order valence-electron chi connectivity index (χ3n) is 3.72. The topological polar surface area (TPSA) is 71.5 Å². The van der Waals surface area contributed by atoms with Gasteiger partial charge in [-0.3, -0.25) is 4.79 Å². The van der Waals surface area contributed by atoms with Crippen LogP contribution in [0, 0.1) is 0 Å². The molecule has 1 aliphatic heterocycles. The van der Waals surface area contributed by atoms with Crippen molar-refractivity contribution in [3.05, 3.63) is 16.6 Å². The van der Waals surface area contributed by atoms with Crippen LogP contribution >= 0.6 is 11.3 Å². The van der Waals surface area contributed by atoms with Gasteiger partial charge in [0.1, 0.15) is 11.6 Å². The van der Waals surface area contributed by atoms with Crippen LogP contribution in [0.3, 0.4) is 0 Å². The lowest BCUT2D eigenvalue weighted by Crippen LogP contribution is -2.51. The second kappa shape index (κ2) is 7.29. The second-order valence-electron chi connectivity index (χ2n) is 6.91. The summed E-state index contributed by atoms with van der Waals surface area (Å²) < 4.78 is 5.29. The van der Waals surface area contributed by atoms with E-state index in [1.165, 1.54) is 11.3 Å². The molecule has 1 aromatic heterocycles. The number of rotatable bonds is 4. The Bertz CT molecular complexity index is 539. The number of nitrogens with one attached hydrogen (secondary N) is 1. The molecule has 2 heterocycles. The highest BCUT2D eigenvalue weighted by molar-refractivity contribution is 7.07. The van der Waals surface area contributed by atoms with Gasteiger partial charge in [-0.2, -0.15) is 0 Å². The van der Waals surface area contributed by atoms with E-state index in [1.807, 2.05) is 17.2 Å². The molecule has 23 heavy (non-hydrogen) atoms. The van der Waals surface area contributed by atoms with Gasteiger partial charge in [0.15, 0.2) is 0 Å². The number of aromatic nitrogens is 1. The number of carbonyl (C=O) groups is 2. The second-order valence-corrected chi connectivity index (χ2v) is 7.62. The number of hydrogen-bond donors (Lipinski definition) is 1. The third-order valence-corrected chi connectivity index (χ3v) is 4.36. The molecule has 0 bridgehead atoms. The van der Waals surface area contributed by atoms with Crippen molar-refractivity contribution < 1.29 is 14.3 Å². The van der Waals surface area contributed by atoms with Gasteiger partial charge >= 0.3 is 6.09 Å². The number of ether oxygens (including phenoxy) is 1. The quantitative estimate of drug-likeness (QED) is 0.915. The van der Waals surface area contributed by atoms with Crippen LogP contribution in [0.5, 0.6) is 0 Å². The highest BCUT2D eigenvalue weighted by Crippen LogP contribution is 2.19. The fourth-order valence-corrected chi connectivity index (χ4v) is 3.23. The van der Waals surface area contributed by atoms with Crippen molar-refractivity contribution in [1.29, 1.82) is 0 Å². The van der Waals surface area contributed by atoms with Crippen LogP contribution in [-0.4, -0.2) is 46.1 Å². The lowest BCUT2D eigenvalue weighted by molar-refractivity contribution is -0.134. The Kier molecular flexibility index (Phi) is 5.62. The van der Waals surface area contributed by atoms with Gasteiger partial charge in [0.05, 0.1) is 11.2 Å². The molecular weight excluding hydrogens is 314 g/mol. The van der Waals surface area contributed by atoms with E-state index in [-0.39, 0.29) is 11.9 Å². The first-order chi connectivity index (χ1) is 10.8. The number of thiazole rings is 1. The van der Waals surface area contributed by atoms with Crippen LogP contribution in [0.25, 0.3) is 0 Å². The van der Waals surface area contributed by atoms with Gasteiger partial charge in [-0.1, -0.05) is 0 Å². The molecule has 1 aliphatic rings. The Labute approximate surface area is 141 Å². The summed E-state index contributed by atoms with van der Waals surface area (Å²) >= 11 is 1.48. The molecule has 2 amide bonds. The summed E-state index contributed by atoms with van der Waals surface area (Å²) in [6.45, 7) is 8.17. The van der Waals surface area contributed by atoms with Crippen LogP contribution in [-0.2, 0) is 16.0 Å². The lowest BCUT2D eigenvalue weighted by atomic mass is 10.1. The van der Waals surface area contributed by atoms with E-state index in [4.69, 9.17) is 4.74 Å². The fraction of sp³-hybridized carbons (Fsp3) is 0.688. The zero-order valence-electron chi connectivity index (χ0n) is 14.2. The van der Waals surface area contributed by atoms with E-state index in [1.54, 1.807) is 26.3 Å². The van der Waals surface area contributed by atoms with Gasteiger partial charge < -0.3 is 15.0 Å². The SMILES string of the molecule is C[C@@H]1CCCN1C(=O)C(Cc1cscn1)NC(=O)OC(C)(C)C. The van der Waals surface area contributed by atoms with Crippen molar-refractivity contribution in [1.82, 2.24) is 15.2 Å². The Morgan fingerprint density at radius 3 is 2.78 bits per heavy atom. The maximum atomic E-state index is 12.8. The van der Waals surface area contributed by atoms with E-state index < -0.39 is 17.7 Å². The molecule has 2 rings (SSSR count). The highest BCUT2D eigenvalue weighted by atomic mass is 32.1. The van der Waals surface area contributed by atoms with Crippen molar-refractivity contribution in [2.75, 3.05) is 6.54 Å². The van der Waals surface area contributed by atoms with Crippen molar-refractivity contribution in [3.63, 3.8) is 0 Å². The molecule has 1 aromatic rings. The number of hydrogen-bond acceptors (Lipinski definition) is 5. The van der Waals surface area contributed by atoms with Crippen molar-refractivity contribution in [2.45, 2.75) is 64.6 Å². The van der Waals surface area contributed by atoms with Crippen molar-refractivity contribution >= 4 is 23.3 Å². The Morgan fingerprint density at radius 1 is 1.52 bits per heavy atom. The summed E-state index contributed by atoms with van der Waals surface area (Å²) in [5.74, 6) is -0.0612. The summed E-state index contributed by atoms with van der Waals surface area (Å²) in [4.78, 5) is 31.0. The van der Waals surface area contributed by atoms with E-state index in [2.05, 4.69) is 10.3 Å². The normalized spacial score (nSPS) is 19.5. The molecule has 0 spiro atoms. The summed E-state index contributed by atoms with van der Waals surface area (Å²) in [6, 6.07) is -0.437. The lowest BCUT2D eigenvalue weighted by Gasteiger charge is -2.28. The molecule has 1 fully saturated rings. The molecule has 1 saturated heterocycles. The van der Waals surface area contributed by atoms with E-state index in [0.717, 1.165) is 25.1 Å². The number of likely N-dealkylation sites (tertiary alicyclic amines) is 1. The molecule has 0 aromatic carbocycles. The van der Waals surface area contributed by atoms with Gasteiger partial charge in [0.2, 0.25) is 5.91 Å². The number of nitrogens with zero attached hydrogens (tertiary/aromatic N) is 2. The Hall–Kier alpha value is -1.63. The molecule has 1 unspecified atom stereocenters. The van der Waals surface area contributed by atoms with Gasteiger partial charge in [-0.15, -0.1) is 11.3 Å².